The highest BCUT2D eigenvalue weighted by Gasteiger charge is 2.04. The number of aryl methyl sites for hydroxylation is 2. The summed E-state index contributed by atoms with van der Waals surface area (Å²) in [5, 5.41) is 3.45. The van der Waals surface area contributed by atoms with Gasteiger partial charge >= 0.3 is 0 Å². The van der Waals surface area contributed by atoms with E-state index in [0.717, 1.165) is 43.9 Å². The smallest absolute Gasteiger partial charge is 0.253 e. The van der Waals surface area contributed by atoms with Crippen LogP contribution in [0.4, 0.5) is 0 Å². The summed E-state index contributed by atoms with van der Waals surface area (Å²) in [7, 11) is 0. The van der Waals surface area contributed by atoms with Gasteiger partial charge < -0.3 is 5.32 Å². The van der Waals surface area contributed by atoms with Gasteiger partial charge in [0.05, 0.1) is 0 Å². The highest BCUT2D eigenvalue weighted by Crippen LogP contribution is 2.01. The maximum Gasteiger partial charge on any atom is 0.253 e. The van der Waals surface area contributed by atoms with Gasteiger partial charge in [0.15, 0.2) is 0 Å². The van der Waals surface area contributed by atoms with Gasteiger partial charge in [0.1, 0.15) is 5.82 Å². The van der Waals surface area contributed by atoms with Gasteiger partial charge in [-0.25, -0.2) is 4.98 Å². The second-order valence-electron chi connectivity index (χ2n) is 4.93. The lowest BCUT2D eigenvalue weighted by molar-refractivity contribution is 0.467. The van der Waals surface area contributed by atoms with Crippen molar-refractivity contribution < 1.29 is 0 Å². The molecule has 1 rings (SSSR count). The van der Waals surface area contributed by atoms with Crippen LogP contribution in [0.15, 0.2) is 10.9 Å². The van der Waals surface area contributed by atoms with E-state index in [1.165, 1.54) is 0 Å². The van der Waals surface area contributed by atoms with Crippen molar-refractivity contribution >= 4 is 0 Å². The number of hydrogen-bond donors (Lipinski definition) is 1. The first-order valence-electron chi connectivity index (χ1n) is 6.83. The molecule has 102 valence electrons. The van der Waals surface area contributed by atoms with E-state index >= 15 is 0 Å². The van der Waals surface area contributed by atoms with Gasteiger partial charge in [0.25, 0.3) is 5.56 Å². The van der Waals surface area contributed by atoms with Crippen molar-refractivity contribution in [3.05, 3.63) is 27.9 Å². The quantitative estimate of drug-likeness (QED) is 0.806. The van der Waals surface area contributed by atoms with E-state index in [4.69, 9.17) is 0 Å². The number of hydrogen-bond acceptors (Lipinski definition) is 3. The Kier molecular flexibility index (Phi) is 6.05. The third kappa shape index (κ3) is 4.61. The molecule has 0 saturated carbocycles. The van der Waals surface area contributed by atoms with Crippen LogP contribution in [0.3, 0.4) is 0 Å². The maximum atomic E-state index is 11.8. The molecule has 0 saturated heterocycles. The van der Waals surface area contributed by atoms with Crippen LogP contribution in [0.5, 0.6) is 0 Å². The van der Waals surface area contributed by atoms with E-state index < -0.39 is 0 Å². The zero-order valence-electron chi connectivity index (χ0n) is 12.0. The van der Waals surface area contributed by atoms with Gasteiger partial charge in [-0.2, -0.15) is 0 Å². The molecule has 4 nitrogen and oxygen atoms in total. The molecule has 1 atom stereocenters. The average Bonchev–Trinajstić information content (AvgIpc) is 2.29. The summed E-state index contributed by atoms with van der Waals surface area (Å²) in [4.78, 5) is 16.1. The largest absolute Gasteiger partial charge is 0.314 e. The Morgan fingerprint density at radius 1 is 1.44 bits per heavy atom. The number of aromatic nitrogens is 2. The zero-order chi connectivity index (χ0) is 13.5. The van der Waals surface area contributed by atoms with Crippen LogP contribution in [0.1, 0.15) is 44.6 Å². The van der Waals surface area contributed by atoms with Gasteiger partial charge in [-0.15, -0.1) is 0 Å². The van der Waals surface area contributed by atoms with Gasteiger partial charge in [-0.1, -0.05) is 6.92 Å². The molecule has 0 aliphatic heterocycles. The van der Waals surface area contributed by atoms with E-state index in [9.17, 15) is 4.79 Å². The highest BCUT2D eigenvalue weighted by atomic mass is 16.1. The summed E-state index contributed by atoms with van der Waals surface area (Å²) in [5.41, 5.74) is 0.862. The monoisotopic (exact) mass is 251 g/mol. The molecule has 0 fully saturated rings. The Hall–Kier alpha value is -1.16. The minimum atomic E-state index is 0.0640. The van der Waals surface area contributed by atoms with E-state index in [2.05, 4.69) is 24.1 Å². The average molecular weight is 251 g/mol. The van der Waals surface area contributed by atoms with Gasteiger partial charge in [-0.3, -0.25) is 9.36 Å². The molecule has 1 unspecified atom stereocenters. The third-order valence-electron chi connectivity index (χ3n) is 3.09. The predicted octanol–water partition coefficient (Wildman–Crippen LogP) is 2.03. The van der Waals surface area contributed by atoms with E-state index in [1.807, 2.05) is 13.8 Å². The molecule has 1 aromatic rings. The number of nitrogens with zero attached hydrogens (tertiary/aromatic N) is 2. The summed E-state index contributed by atoms with van der Waals surface area (Å²) in [6.45, 7) is 9.93. The molecule has 1 heterocycles. The Morgan fingerprint density at radius 3 is 2.78 bits per heavy atom. The maximum absolute atomic E-state index is 11.8. The molecule has 0 amide bonds. The Morgan fingerprint density at radius 2 is 2.17 bits per heavy atom. The SMILES string of the molecule is CCCNC(C)CCCn1c(C)nc(C)cc1=O. The van der Waals surface area contributed by atoms with E-state index in [-0.39, 0.29) is 5.56 Å². The van der Waals surface area contributed by atoms with Gasteiger partial charge in [-0.05, 0) is 46.6 Å². The van der Waals surface area contributed by atoms with Crippen molar-refractivity contribution in [3.8, 4) is 0 Å². The molecule has 0 aromatic carbocycles. The van der Waals surface area contributed by atoms with Crippen molar-refractivity contribution in [3.63, 3.8) is 0 Å². The number of nitrogens with one attached hydrogen (secondary N) is 1. The normalized spacial score (nSPS) is 12.7. The van der Waals surface area contributed by atoms with Crippen molar-refractivity contribution in [1.29, 1.82) is 0 Å². The fraction of sp³-hybridized carbons (Fsp3) is 0.714. The molecule has 18 heavy (non-hydrogen) atoms. The van der Waals surface area contributed by atoms with Crippen molar-refractivity contribution in [1.82, 2.24) is 14.9 Å². The van der Waals surface area contributed by atoms with Crippen molar-refractivity contribution in [2.45, 2.75) is 59.5 Å². The van der Waals surface area contributed by atoms with Crippen LogP contribution in [0.25, 0.3) is 0 Å². The van der Waals surface area contributed by atoms with Crippen LogP contribution in [0.2, 0.25) is 0 Å². The second-order valence-corrected chi connectivity index (χ2v) is 4.93. The summed E-state index contributed by atoms with van der Waals surface area (Å²) in [6, 6.07) is 2.12. The van der Waals surface area contributed by atoms with Gasteiger partial charge in [0.2, 0.25) is 0 Å². The molecule has 0 aliphatic carbocycles. The highest BCUT2D eigenvalue weighted by molar-refractivity contribution is 5.01. The fourth-order valence-electron chi connectivity index (χ4n) is 2.08. The minimum Gasteiger partial charge on any atom is -0.314 e. The molecule has 0 bridgehead atoms. The first kappa shape index (κ1) is 14.9. The summed E-state index contributed by atoms with van der Waals surface area (Å²) in [6.07, 6.45) is 3.24. The molecular weight excluding hydrogens is 226 g/mol. The molecule has 1 N–H and O–H groups in total. The third-order valence-corrected chi connectivity index (χ3v) is 3.09. The van der Waals surface area contributed by atoms with Gasteiger partial charge in [0, 0.05) is 24.3 Å². The van der Waals surface area contributed by atoms with Crippen LogP contribution in [-0.2, 0) is 6.54 Å². The lowest BCUT2D eigenvalue weighted by Gasteiger charge is -2.14. The Bertz CT molecular complexity index is 426. The molecule has 0 aliphatic rings. The van der Waals surface area contributed by atoms with E-state index in [0.29, 0.717) is 6.04 Å². The first-order valence-corrected chi connectivity index (χ1v) is 6.83. The van der Waals surface area contributed by atoms with Crippen molar-refractivity contribution in [2.75, 3.05) is 6.54 Å². The van der Waals surface area contributed by atoms with Crippen LogP contribution < -0.4 is 10.9 Å². The Labute approximate surface area is 109 Å². The zero-order valence-corrected chi connectivity index (χ0v) is 12.0. The van der Waals surface area contributed by atoms with Crippen molar-refractivity contribution in [2.24, 2.45) is 0 Å². The Balaban J connectivity index is 2.47. The summed E-state index contributed by atoms with van der Waals surface area (Å²) >= 11 is 0. The summed E-state index contributed by atoms with van der Waals surface area (Å²) in [5.74, 6) is 0.814. The van der Waals surface area contributed by atoms with Crippen LogP contribution in [-0.4, -0.2) is 22.1 Å². The molecule has 4 heteroatoms. The lowest BCUT2D eigenvalue weighted by Crippen LogP contribution is -2.28. The second kappa shape index (κ2) is 7.31. The number of rotatable bonds is 7. The fourth-order valence-corrected chi connectivity index (χ4v) is 2.08. The predicted molar refractivity (Wildman–Crippen MR) is 75.0 cm³/mol. The first-order chi connectivity index (χ1) is 8.54. The lowest BCUT2D eigenvalue weighted by atomic mass is 10.2. The molecular formula is C14H25N3O. The topological polar surface area (TPSA) is 46.9 Å². The van der Waals surface area contributed by atoms with Crippen LogP contribution >= 0.6 is 0 Å². The molecule has 1 aromatic heterocycles. The minimum absolute atomic E-state index is 0.0640. The van der Waals surface area contributed by atoms with Crippen LogP contribution in [0, 0.1) is 13.8 Å². The molecule has 0 spiro atoms. The summed E-state index contributed by atoms with van der Waals surface area (Å²) < 4.78 is 1.76. The standard InChI is InChI=1S/C14H25N3O/c1-5-8-15-11(2)7-6-9-17-13(4)16-12(3)10-14(17)18/h10-11,15H,5-9H2,1-4H3. The molecule has 0 radical (unpaired) electrons. The van der Waals surface area contributed by atoms with E-state index in [1.54, 1.807) is 10.6 Å².